The number of primary amides is 1. The zero-order valence-corrected chi connectivity index (χ0v) is 10.3. The molecule has 1 atom stereocenters. The highest BCUT2D eigenvalue weighted by Crippen LogP contribution is 2.40. The molecule has 1 unspecified atom stereocenters. The minimum absolute atomic E-state index is 0.191. The van der Waals surface area contributed by atoms with Crippen LogP contribution < -0.4 is 11.1 Å². The van der Waals surface area contributed by atoms with E-state index in [4.69, 9.17) is 5.73 Å². The summed E-state index contributed by atoms with van der Waals surface area (Å²) in [5.74, 6) is 0.251. The summed E-state index contributed by atoms with van der Waals surface area (Å²) in [6, 6.07) is 0.658. The Morgan fingerprint density at radius 1 is 1.44 bits per heavy atom. The highest BCUT2D eigenvalue weighted by atomic mass is 16.1. The maximum atomic E-state index is 11.7. The molecule has 0 heterocycles. The molecule has 0 aromatic carbocycles. The molecule has 0 saturated heterocycles. The Morgan fingerprint density at radius 2 is 2.06 bits per heavy atom. The van der Waals surface area contributed by atoms with Gasteiger partial charge in [-0.2, -0.15) is 0 Å². The number of nitrogens with two attached hydrogens (primary N) is 1. The van der Waals surface area contributed by atoms with Gasteiger partial charge in [-0.05, 0) is 45.7 Å². The van der Waals surface area contributed by atoms with E-state index >= 15 is 0 Å². The van der Waals surface area contributed by atoms with Crippen LogP contribution >= 0.6 is 0 Å². The number of amides is 1. The molecule has 92 valence electrons. The van der Waals surface area contributed by atoms with Crippen molar-refractivity contribution < 1.29 is 4.79 Å². The zero-order valence-electron chi connectivity index (χ0n) is 10.3. The zero-order chi connectivity index (χ0) is 11.8. The molecule has 3 N–H and O–H groups in total. The number of carbonyl (C=O) groups excluding carboxylic acids is 1. The van der Waals surface area contributed by atoms with Gasteiger partial charge in [0.25, 0.3) is 0 Å². The molecule has 2 rings (SSSR count). The highest BCUT2D eigenvalue weighted by molar-refractivity contribution is 5.86. The van der Waals surface area contributed by atoms with Gasteiger partial charge < -0.3 is 16.0 Å². The van der Waals surface area contributed by atoms with Crippen molar-refractivity contribution in [2.75, 3.05) is 20.6 Å². The lowest BCUT2D eigenvalue weighted by atomic mass is 9.87. The highest BCUT2D eigenvalue weighted by Gasteiger charge is 2.50. The third-order valence-electron chi connectivity index (χ3n) is 4.36. The van der Waals surface area contributed by atoms with Crippen molar-refractivity contribution in [3.8, 4) is 0 Å². The maximum absolute atomic E-state index is 11.7. The predicted molar refractivity (Wildman–Crippen MR) is 64.0 cm³/mol. The average molecular weight is 225 g/mol. The lowest BCUT2D eigenvalue weighted by Crippen LogP contribution is -2.63. The summed E-state index contributed by atoms with van der Waals surface area (Å²) in [5.41, 5.74) is 5.11. The molecule has 2 aliphatic rings. The van der Waals surface area contributed by atoms with Gasteiger partial charge in [0, 0.05) is 12.6 Å². The molecular weight excluding hydrogens is 202 g/mol. The Labute approximate surface area is 97.6 Å². The summed E-state index contributed by atoms with van der Waals surface area (Å²) in [6.45, 7) is 0.758. The van der Waals surface area contributed by atoms with Gasteiger partial charge in [-0.15, -0.1) is 0 Å². The Balaban J connectivity index is 2.03. The molecule has 0 aliphatic heterocycles. The third-order valence-corrected chi connectivity index (χ3v) is 4.36. The van der Waals surface area contributed by atoms with E-state index in [0.717, 1.165) is 19.4 Å². The normalized spacial score (nSPS) is 25.2. The number of rotatable bonds is 6. The molecule has 0 bridgehead atoms. The molecule has 2 aliphatic carbocycles. The molecule has 2 saturated carbocycles. The van der Waals surface area contributed by atoms with Crippen LogP contribution in [-0.2, 0) is 4.79 Å². The second-order valence-corrected chi connectivity index (χ2v) is 5.36. The summed E-state index contributed by atoms with van der Waals surface area (Å²) in [7, 11) is 3.97. The van der Waals surface area contributed by atoms with Crippen molar-refractivity contribution in [1.82, 2.24) is 10.2 Å². The molecule has 0 radical (unpaired) electrons. The monoisotopic (exact) mass is 225 g/mol. The van der Waals surface area contributed by atoms with Crippen LogP contribution in [-0.4, -0.2) is 43.0 Å². The van der Waals surface area contributed by atoms with Crippen LogP contribution in [0.3, 0.4) is 0 Å². The van der Waals surface area contributed by atoms with E-state index in [1.54, 1.807) is 0 Å². The number of carbonyl (C=O) groups is 1. The Hall–Kier alpha value is -0.610. The molecule has 2 fully saturated rings. The molecule has 4 heteroatoms. The first-order chi connectivity index (χ1) is 7.60. The van der Waals surface area contributed by atoms with Crippen LogP contribution in [0.25, 0.3) is 0 Å². The predicted octanol–water partition coefficient (Wildman–Crippen LogP) is 0.324. The molecule has 0 spiro atoms. The van der Waals surface area contributed by atoms with E-state index in [0.29, 0.717) is 12.0 Å². The maximum Gasteiger partial charge on any atom is 0.239 e. The second kappa shape index (κ2) is 4.34. The molecule has 0 aromatic heterocycles. The average Bonchev–Trinajstić information content (AvgIpc) is 2.94. The van der Waals surface area contributed by atoms with Gasteiger partial charge in [-0.25, -0.2) is 0 Å². The van der Waals surface area contributed by atoms with Crippen LogP contribution in [0.2, 0.25) is 0 Å². The van der Waals surface area contributed by atoms with Gasteiger partial charge in [0.1, 0.15) is 5.54 Å². The molecule has 1 amide bonds. The van der Waals surface area contributed by atoms with Crippen LogP contribution in [0.15, 0.2) is 0 Å². The SMILES string of the molecule is CNC(CN(C)C1CCC1)(C(N)=O)C1CC1. The van der Waals surface area contributed by atoms with Crippen molar-refractivity contribution in [2.24, 2.45) is 11.7 Å². The minimum Gasteiger partial charge on any atom is -0.368 e. The van der Waals surface area contributed by atoms with Crippen LogP contribution in [0.5, 0.6) is 0 Å². The Bertz CT molecular complexity index is 273. The second-order valence-electron chi connectivity index (χ2n) is 5.36. The topological polar surface area (TPSA) is 58.4 Å². The summed E-state index contributed by atoms with van der Waals surface area (Å²) in [6.07, 6.45) is 6.10. The first-order valence-electron chi connectivity index (χ1n) is 6.29. The Kier molecular flexibility index (Phi) is 3.22. The number of nitrogens with one attached hydrogen (secondary N) is 1. The number of nitrogens with zero attached hydrogens (tertiary/aromatic N) is 1. The smallest absolute Gasteiger partial charge is 0.239 e. The summed E-state index contributed by atoms with van der Waals surface area (Å²) in [5, 5.41) is 3.19. The van der Waals surface area contributed by atoms with Gasteiger partial charge in [0.15, 0.2) is 0 Å². The lowest BCUT2D eigenvalue weighted by Gasteiger charge is -2.41. The van der Waals surface area contributed by atoms with E-state index < -0.39 is 5.54 Å². The third kappa shape index (κ3) is 1.96. The lowest BCUT2D eigenvalue weighted by molar-refractivity contribution is -0.126. The molecule has 16 heavy (non-hydrogen) atoms. The van der Waals surface area contributed by atoms with E-state index in [1.807, 2.05) is 7.05 Å². The number of hydrogen-bond acceptors (Lipinski definition) is 3. The van der Waals surface area contributed by atoms with Crippen LogP contribution in [0.4, 0.5) is 0 Å². The van der Waals surface area contributed by atoms with Crippen molar-refractivity contribution in [3.05, 3.63) is 0 Å². The standard InChI is InChI=1S/C12H23N3O/c1-14-12(11(13)16,9-6-7-9)8-15(2)10-4-3-5-10/h9-10,14H,3-8H2,1-2H3,(H2,13,16). The summed E-state index contributed by atoms with van der Waals surface area (Å²) < 4.78 is 0. The van der Waals surface area contributed by atoms with Crippen LogP contribution in [0.1, 0.15) is 32.1 Å². The Morgan fingerprint density at radius 3 is 2.38 bits per heavy atom. The minimum atomic E-state index is -0.496. The van der Waals surface area contributed by atoms with E-state index in [-0.39, 0.29) is 5.91 Å². The van der Waals surface area contributed by atoms with E-state index in [1.165, 1.54) is 19.3 Å². The van der Waals surface area contributed by atoms with Crippen molar-refractivity contribution >= 4 is 5.91 Å². The molecule has 0 aromatic rings. The van der Waals surface area contributed by atoms with E-state index in [9.17, 15) is 4.79 Å². The summed E-state index contributed by atoms with van der Waals surface area (Å²) in [4.78, 5) is 14.0. The van der Waals surface area contributed by atoms with Gasteiger partial charge in [0.2, 0.25) is 5.91 Å². The quantitative estimate of drug-likeness (QED) is 0.684. The number of hydrogen-bond donors (Lipinski definition) is 2. The van der Waals surface area contributed by atoms with Crippen LogP contribution in [0, 0.1) is 5.92 Å². The van der Waals surface area contributed by atoms with Gasteiger partial charge in [0.05, 0.1) is 0 Å². The first kappa shape index (κ1) is 11.9. The fraction of sp³-hybridized carbons (Fsp3) is 0.917. The van der Waals surface area contributed by atoms with Gasteiger partial charge >= 0.3 is 0 Å². The largest absolute Gasteiger partial charge is 0.368 e. The van der Waals surface area contributed by atoms with Crippen molar-refractivity contribution in [1.29, 1.82) is 0 Å². The first-order valence-corrected chi connectivity index (χ1v) is 6.29. The fourth-order valence-corrected chi connectivity index (χ4v) is 2.74. The van der Waals surface area contributed by atoms with Gasteiger partial charge in [-0.3, -0.25) is 4.79 Å². The van der Waals surface area contributed by atoms with Gasteiger partial charge in [-0.1, -0.05) is 6.42 Å². The molecule has 4 nitrogen and oxygen atoms in total. The summed E-state index contributed by atoms with van der Waals surface area (Å²) >= 11 is 0. The van der Waals surface area contributed by atoms with Crippen molar-refractivity contribution in [2.45, 2.75) is 43.7 Å². The molecular formula is C12H23N3O. The van der Waals surface area contributed by atoms with E-state index in [2.05, 4.69) is 17.3 Å². The van der Waals surface area contributed by atoms with Crippen molar-refractivity contribution in [3.63, 3.8) is 0 Å². The number of likely N-dealkylation sites (N-methyl/N-ethyl adjacent to an activating group) is 2. The fourth-order valence-electron chi connectivity index (χ4n) is 2.74.